The van der Waals surface area contributed by atoms with Crippen molar-refractivity contribution >= 4 is 35.7 Å². The summed E-state index contributed by atoms with van der Waals surface area (Å²) in [5, 5.41) is -0.316. The molecule has 0 saturated carbocycles. The molecule has 6 nitrogen and oxygen atoms in total. The van der Waals surface area contributed by atoms with Crippen molar-refractivity contribution in [2.75, 3.05) is 12.4 Å². The Morgan fingerprint density at radius 2 is 1.51 bits per heavy atom. The second-order valence-electron chi connectivity index (χ2n) is 8.69. The summed E-state index contributed by atoms with van der Waals surface area (Å²) >= 11 is 1.52. The minimum Gasteiger partial charge on any atom is -0.461 e. The number of nitrogens with zero attached hydrogens (tertiary/aromatic N) is 1. The summed E-state index contributed by atoms with van der Waals surface area (Å²) in [5.74, 6) is -0.917. The fourth-order valence-electron chi connectivity index (χ4n) is 4.38. The van der Waals surface area contributed by atoms with Crippen LogP contribution in [0, 0.1) is 0 Å². The number of hydrogen-bond acceptors (Lipinski definition) is 6. The third-order valence-electron chi connectivity index (χ3n) is 6.15. The van der Waals surface area contributed by atoms with E-state index in [2.05, 4.69) is 0 Å². The Kier molecular flexibility index (Phi) is 7.23. The molecule has 1 saturated heterocycles. The van der Waals surface area contributed by atoms with Crippen LogP contribution in [0.2, 0.25) is 0 Å². The first-order chi connectivity index (χ1) is 18.0. The molecule has 0 bridgehead atoms. The Bertz CT molecular complexity index is 1330. The third kappa shape index (κ3) is 5.22. The maximum Gasteiger partial charge on any atom is 0.356 e. The first-order valence-electron chi connectivity index (χ1n) is 11.9. The maximum absolute atomic E-state index is 13.8. The molecule has 3 aromatic rings. The van der Waals surface area contributed by atoms with Gasteiger partial charge in [-0.15, -0.1) is 11.8 Å². The molecule has 2 aliphatic rings. The first kappa shape index (κ1) is 24.6. The predicted octanol–water partition coefficient (Wildman–Crippen LogP) is 5.14. The van der Waals surface area contributed by atoms with Gasteiger partial charge in [-0.05, 0) is 22.8 Å². The highest BCUT2D eigenvalue weighted by Crippen LogP contribution is 2.45. The summed E-state index contributed by atoms with van der Waals surface area (Å²) < 4.78 is 11.3. The van der Waals surface area contributed by atoms with Gasteiger partial charge in [0.2, 0.25) is 0 Å². The number of ether oxygens (including phenoxy) is 2. The third-order valence-corrected chi connectivity index (χ3v) is 7.45. The molecule has 1 unspecified atom stereocenters. The van der Waals surface area contributed by atoms with E-state index in [0.29, 0.717) is 16.9 Å². The van der Waals surface area contributed by atoms with E-state index in [0.717, 1.165) is 16.7 Å². The van der Waals surface area contributed by atoms with Crippen LogP contribution in [0.3, 0.4) is 0 Å². The summed E-state index contributed by atoms with van der Waals surface area (Å²) in [4.78, 5) is 40.1. The zero-order valence-corrected chi connectivity index (χ0v) is 21.0. The summed E-state index contributed by atoms with van der Waals surface area (Å²) in [6.45, 7) is 1.23. The van der Waals surface area contributed by atoms with Gasteiger partial charge in [-0.2, -0.15) is 0 Å². The van der Waals surface area contributed by atoms with Gasteiger partial charge < -0.3 is 9.47 Å². The van der Waals surface area contributed by atoms with Crippen LogP contribution >= 0.6 is 11.8 Å². The number of rotatable bonds is 7. The van der Waals surface area contributed by atoms with Crippen molar-refractivity contribution in [3.05, 3.63) is 125 Å². The second-order valence-corrected chi connectivity index (χ2v) is 9.76. The van der Waals surface area contributed by atoms with Gasteiger partial charge in [-0.25, -0.2) is 4.79 Å². The molecule has 0 radical (unpaired) electrons. The highest BCUT2D eigenvalue weighted by Gasteiger charge is 2.50. The highest BCUT2D eigenvalue weighted by atomic mass is 32.2. The monoisotopic (exact) mass is 511 g/mol. The molecular formula is C30H25NO5S. The second kappa shape index (κ2) is 10.9. The van der Waals surface area contributed by atoms with Crippen molar-refractivity contribution in [3.63, 3.8) is 0 Å². The van der Waals surface area contributed by atoms with Crippen molar-refractivity contribution in [1.82, 2.24) is 4.90 Å². The van der Waals surface area contributed by atoms with Gasteiger partial charge in [0.15, 0.2) is 6.10 Å². The molecule has 0 N–H and O–H groups in total. The lowest BCUT2D eigenvalue weighted by molar-refractivity contribution is -0.149. The average molecular weight is 512 g/mol. The molecule has 5 rings (SSSR count). The van der Waals surface area contributed by atoms with Crippen LogP contribution in [0.25, 0.3) is 6.08 Å². The largest absolute Gasteiger partial charge is 0.461 e. The van der Waals surface area contributed by atoms with E-state index < -0.39 is 18.0 Å². The number of carbonyl (C=O) groups excluding carboxylic acids is 3. The fraction of sp³-hybridized carbons (Fsp3) is 0.167. The Morgan fingerprint density at radius 3 is 2.08 bits per heavy atom. The number of amides is 1. The molecule has 186 valence electrons. The predicted molar refractivity (Wildman–Crippen MR) is 142 cm³/mol. The molecule has 0 spiro atoms. The van der Waals surface area contributed by atoms with Gasteiger partial charge in [0.05, 0.1) is 5.57 Å². The molecular weight excluding hydrogens is 486 g/mol. The first-order valence-corrected chi connectivity index (χ1v) is 13.0. The van der Waals surface area contributed by atoms with E-state index in [1.807, 2.05) is 97.1 Å². The molecule has 37 heavy (non-hydrogen) atoms. The van der Waals surface area contributed by atoms with Gasteiger partial charge >= 0.3 is 11.9 Å². The molecule has 7 heteroatoms. The molecule has 2 aliphatic heterocycles. The van der Waals surface area contributed by atoms with Crippen LogP contribution in [0.5, 0.6) is 0 Å². The Morgan fingerprint density at radius 1 is 0.946 bits per heavy atom. The number of β-lactam (4-membered cyclic amide) rings is 1. The standard InChI is InChI=1S/C30H25NO5S/c1-20(32)35-18-24-19-37-29-25(17-21-11-5-2-6-12-21)28(33)31(29)26(24)30(34)36-27(22-13-7-3-8-14-22)23-15-9-4-10-16-23/h2-17,27,29H,18-19H2,1H3/b25-17+. The lowest BCUT2D eigenvalue weighted by atomic mass is 9.99. The lowest BCUT2D eigenvalue weighted by Gasteiger charge is -2.46. The van der Waals surface area contributed by atoms with E-state index in [4.69, 9.17) is 9.47 Å². The van der Waals surface area contributed by atoms with Crippen molar-refractivity contribution in [1.29, 1.82) is 0 Å². The molecule has 3 aromatic carbocycles. The maximum atomic E-state index is 13.8. The number of carbonyl (C=O) groups is 3. The average Bonchev–Trinajstić information content (AvgIpc) is 2.94. The zero-order chi connectivity index (χ0) is 25.8. The topological polar surface area (TPSA) is 72.9 Å². The number of hydrogen-bond donors (Lipinski definition) is 0. The normalized spacial score (nSPS) is 17.9. The van der Waals surface area contributed by atoms with Gasteiger partial charge in [0.1, 0.15) is 17.7 Å². The van der Waals surface area contributed by atoms with Crippen molar-refractivity contribution in [3.8, 4) is 0 Å². The zero-order valence-electron chi connectivity index (χ0n) is 20.2. The van der Waals surface area contributed by atoms with Crippen LogP contribution in [0.4, 0.5) is 0 Å². The molecule has 1 fully saturated rings. The van der Waals surface area contributed by atoms with E-state index in [-0.39, 0.29) is 23.6 Å². The summed E-state index contributed by atoms with van der Waals surface area (Å²) in [6, 6.07) is 28.5. The van der Waals surface area contributed by atoms with Crippen LogP contribution in [-0.4, -0.2) is 40.5 Å². The van der Waals surface area contributed by atoms with Crippen LogP contribution in [0.1, 0.15) is 29.7 Å². The number of benzene rings is 3. The van der Waals surface area contributed by atoms with Gasteiger partial charge in [0.25, 0.3) is 5.91 Å². The number of fused-ring (bicyclic) bond motifs is 1. The highest BCUT2D eigenvalue weighted by molar-refractivity contribution is 8.00. The molecule has 1 amide bonds. The number of esters is 2. The van der Waals surface area contributed by atoms with Crippen LogP contribution in [0.15, 0.2) is 108 Å². The SMILES string of the molecule is CC(=O)OCC1=C(C(=O)OC(c2ccccc2)c2ccccc2)N2C(=O)/C(=C\c3ccccc3)C2SC1. The Labute approximate surface area is 219 Å². The Balaban J connectivity index is 1.48. The van der Waals surface area contributed by atoms with Gasteiger partial charge in [-0.1, -0.05) is 91.0 Å². The van der Waals surface area contributed by atoms with E-state index in [9.17, 15) is 14.4 Å². The lowest BCUT2D eigenvalue weighted by Crippen LogP contribution is -2.56. The molecule has 1 atom stereocenters. The summed E-state index contributed by atoms with van der Waals surface area (Å²) in [6.07, 6.45) is 1.19. The van der Waals surface area contributed by atoms with Gasteiger partial charge in [0, 0.05) is 18.2 Å². The van der Waals surface area contributed by atoms with Crippen LogP contribution < -0.4 is 0 Å². The fourth-order valence-corrected chi connectivity index (χ4v) is 5.65. The van der Waals surface area contributed by atoms with Crippen molar-refractivity contribution in [2.45, 2.75) is 18.4 Å². The van der Waals surface area contributed by atoms with Gasteiger partial charge in [-0.3, -0.25) is 14.5 Å². The number of thioether (sulfide) groups is 1. The van der Waals surface area contributed by atoms with E-state index in [1.54, 1.807) is 0 Å². The quantitative estimate of drug-likeness (QED) is 0.249. The van der Waals surface area contributed by atoms with Crippen molar-refractivity contribution in [2.24, 2.45) is 0 Å². The Hall–Kier alpha value is -4.10. The smallest absolute Gasteiger partial charge is 0.356 e. The van der Waals surface area contributed by atoms with Crippen molar-refractivity contribution < 1.29 is 23.9 Å². The minimum absolute atomic E-state index is 0.0810. The van der Waals surface area contributed by atoms with Crippen LogP contribution in [-0.2, 0) is 23.9 Å². The summed E-state index contributed by atoms with van der Waals surface area (Å²) in [5.41, 5.74) is 3.86. The minimum atomic E-state index is -0.666. The van der Waals surface area contributed by atoms with E-state index >= 15 is 0 Å². The molecule has 0 aromatic heterocycles. The van der Waals surface area contributed by atoms with E-state index in [1.165, 1.54) is 23.6 Å². The summed E-state index contributed by atoms with van der Waals surface area (Å²) in [7, 11) is 0. The molecule has 0 aliphatic carbocycles. The molecule has 2 heterocycles.